The lowest BCUT2D eigenvalue weighted by Gasteiger charge is -2.10. The van der Waals surface area contributed by atoms with Gasteiger partial charge in [-0.3, -0.25) is 0 Å². The Hall–Kier alpha value is -3.10. The van der Waals surface area contributed by atoms with E-state index in [4.69, 9.17) is 9.84 Å². The van der Waals surface area contributed by atoms with E-state index in [0.29, 0.717) is 12.0 Å². The molecule has 1 heterocycles. The molecule has 0 amide bonds. The monoisotopic (exact) mass is 375 g/mol. The number of ether oxygens (including phenoxy) is 1. The second-order valence-electron chi connectivity index (χ2n) is 6.71. The number of aliphatic hydroxyl groups excluding tert-OH is 1. The average molecular weight is 375 g/mol. The molecular formula is C23H25N3O2. The summed E-state index contributed by atoms with van der Waals surface area (Å²) in [5.74, 6) is 0.719. The van der Waals surface area contributed by atoms with E-state index in [1.54, 1.807) is 4.68 Å². The SMILES string of the molecule is CCCc1nn(C)c(OCCO)c1Cc1ccc(-c2ccccc2C#N)cc1. The fourth-order valence-corrected chi connectivity index (χ4v) is 3.38. The van der Waals surface area contributed by atoms with Crippen molar-refractivity contribution in [2.24, 2.45) is 7.05 Å². The second kappa shape index (κ2) is 9.20. The Kier molecular flexibility index (Phi) is 6.46. The molecular weight excluding hydrogens is 350 g/mol. The van der Waals surface area contributed by atoms with Crippen LogP contribution in [0.15, 0.2) is 48.5 Å². The molecule has 0 saturated heterocycles. The summed E-state index contributed by atoms with van der Waals surface area (Å²) in [4.78, 5) is 0. The van der Waals surface area contributed by atoms with Crippen LogP contribution in [0.2, 0.25) is 0 Å². The number of hydrogen-bond donors (Lipinski definition) is 1. The number of aryl methyl sites for hydroxylation is 2. The average Bonchev–Trinajstić information content (AvgIpc) is 3.01. The molecule has 3 rings (SSSR count). The quantitative estimate of drug-likeness (QED) is 0.649. The molecule has 0 aliphatic rings. The standard InChI is InChI=1S/C23H25N3O2/c1-3-6-22-21(23(26(2)25-22)28-14-13-27)15-17-9-11-18(12-10-17)20-8-5-4-7-19(20)16-24/h4-5,7-12,27H,3,6,13-15H2,1-2H3. The van der Waals surface area contributed by atoms with Crippen LogP contribution in [0.4, 0.5) is 0 Å². The van der Waals surface area contributed by atoms with Gasteiger partial charge in [0.25, 0.3) is 0 Å². The fraction of sp³-hybridized carbons (Fsp3) is 0.304. The van der Waals surface area contributed by atoms with Gasteiger partial charge in [-0.25, -0.2) is 4.68 Å². The lowest BCUT2D eigenvalue weighted by Crippen LogP contribution is -2.07. The van der Waals surface area contributed by atoms with Crippen molar-refractivity contribution in [3.05, 3.63) is 70.9 Å². The maximum absolute atomic E-state index is 9.32. The van der Waals surface area contributed by atoms with Crippen molar-refractivity contribution < 1.29 is 9.84 Å². The van der Waals surface area contributed by atoms with E-state index in [2.05, 4.69) is 42.4 Å². The molecule has 0 fully saturated rings. The number of aromatic nitrogens is 2. The first kappa shape index (κ1) is 19.7. The van der Waals surface area contributed by atoms with Gasteiger partial charge in [0.15, 0.2) is 0 Å². The van der Waals surface area contributed by atoms with E-state index in [1.807, 2.05) is 31.3 Å². The molecule has 5 heteroatoms. The van der Waals surface area contributed by atoms with Crippen LogP contribution in [0.5, 0.6) is 5.88 Å². The third-order valence-electron chi connectivity index (χ3n) is 4.68. The molecule has 0 aliphatic heterocycles. The summed E-state index contributed by atoms with van der Waals surface area (Å²) in [6.45, 7) is 2.36. The highest BCUT2D eigenvalue weighted by atomic mass is 16.5. The van der Waals surface area contributed by atoms with E-state index >= 15 is 0 Å². The number of nitriles is 1. The van der Waals surface area contributed by atoms with Crippen molar-refractivity contribution >= 4 is 0 Å². The van der Waals surface area contributed by atoms with E-state index in [0.717, 1.165) is 46.7 Å². The van der Waals surface area contributed by atoms with Crippen LogP contribution in [-0.4, -0.2) is 28.1 Å². The van der Waals surface area contributed by atoms with Gasteiger partial charge in [0, 0.05) is 19.0 Å². The van der Waals surface area contributed by atoms with Crippen molar-refractivity contribution in [3.63, 3.8) is 0 Å². The molecule has 3 aromatic rings. The van der Waals surface area contributed by atoms with Crippen LogP contribution in [0.1, 0.15) is 35.7 Å². The Morgan fingerprint density at radius 2 is 1.89 bits per heavy atom. The van der Waals surface area contributed by atoms with Gasteiger partial charge in [-0.05, 0) is 29.2 Å². The number of nitrogens with zero attached hydrogens (tertiary/aromatic N) is 3. The molecule has 0 atom stereocenters. The summed E-state index contributed by atoms with van der Waals surface area (Å²) < 4.78 is 7.51. The van der Waals surface area contributed by atoms with Crippen LogP contribution >= 0.6 is 0 Å². The van der Waals surface area contributed by atoms with Gasteiger partial charge in [0.2, 0.25) is 5.88 Å². The van der Waals surface area contributed by atoms with E-state index in [9.17, 15) is 5.26 Å². The second-order valence-corrected chi connectivity index (χ2v) is 6.71. The number of aliphatic hydroxyl groups is 1. The highest BCUT2D eigenvalue weighted by molar-refractivity contribution is 5.70. The third-order valence-corrected chi connectivity index (χ3v) is 4.68. The van der Waals surface area contributed by atoms with Crippen molar-refractivity contribution in [2.75, 3.05) is 13.2 Å². The highest BCUT2D eigenvalue weighted by Crippen LogP contribution is 2.28. The largest absolute Gasteiger partial charge is 0.475 e. The van der Waals surface area contributed by atoms with Crippen LogP contribution < -0.4 is 4.74 Å². The molecule has 0 spiro atoms. The van der Waals surface area contributed by atoms with Gasteiger partial charge in [0.05, 0.1) is 23.9 Å². The van der Waals surface area contributed by atoms with Gasteiger partial charge in [-0.15, -0.1) is 0 Å². The van der Waals surface area contributed by atoms with Crippen LogP contribution in [0.25, 0.3) is 11.1 Å². The Labute approximate surface area is 165 Å². The van der Waals surface area contributed by atoms with Gasteiger partial charge in [0.1, 0.15) is 6.61 Å². The minimum Gasteiger partial charge on any atom is -0.475 e. The molecule has 0 saturated carbocycles. The first-order chi connectivity index (χ1) is 13.7. The Balaban J connectivity index is 1.89. The first-order valence-corrected chi connectivity index (χ1v) is 9.54. The predicted octanol–water partition coefficient (Wildman–Crippen LogP) is 3.87. The molecule has 0 radical (unpaired) electrons. The molecule has 5 nitrogen and oxygen atoms in total. The summed E-state index contributed by atoms with van der Waals surface area (Å²) in [5.41, 5.74) is 5.90. The van der Waals surface area contributed by atoms with Gasteiger partial charge < -0.3 is 9.84 Å². The zero-order chi connectivity index (χ0) is 19.9. The Morgan fingerprint density at radius 3 is 2.57 bits per heavy atom. The number of rotatable bonds is 8. The molecule has 1 aromatic heterocycles. The zero-order valence-corrected chi connectivity index (χ0v) is 16.4. The molecule has 0 aliphatic carbocycles. The van der Waals surface area contributed by atoms with E-state index < -0.39 is 0 Å². The molecule has 0 bridgehead atoms. The zero-order valence-electron chi connectivity index (χ0n) is 16.4. The van der Waals surface area contributed by atoms with Crippen LogP contribution in [0, 0.1) is 11.3 Å². The smallest absolute Gasteiger partial charge is 0.215 e. The molecule has 0 unspecified atom stereocenters. The van der Waals surface area contributed by atoms with Crippen LogP contribution in [-0.2, 0) is 19.9 Å². The van der Waals surface area contributed by atoms with Crippen LogP contribution in [0.3, 0.4) is 0 Å². The van der Waals surface area contributed by atoms with Gasteiger partial charge >= 0.3 is 0 Å². The molecule has 144 valence electrons. The van der Waals surface area contributed by atoms with Crippen molar-refractivity contribution in [1.82, 2.24) is 9.78 Å². The summed E-state index contributed by atoms with van der Waals surface area (Å²) in [5, 5.41) is 23.0. The lowest BCUT2D eigenvalue weighted by molar-refractivity contribution is 0.190. The summed E-state index contributed by atoms with van der Waals surface area (Å²) in [6.07, 6.45) is 2.61. The summed E-state index contributed by atoms with van der Waals surface area (Å²) in [7, 11) is 1.87. The topological polar surface area (TPSA) is 71.1 Å². The first-order valence-electron chi connectivity index (χ1n) is 9.54. The third kappa shape index (κ3) is 4.24. The fourth-order valence-electron chi connectivity index (χ4n) is 3.38. The van der Waals surface area contributed by atoms with Crippen molar-refractivity contribution in [1.29, 1.82) is 5.26 Å². The van der Waals surface area contributed by atoms with Gasteiger partial charge in [-0.1, -0.05) is 55.8 Å². The van der Waals surface area contributed by atoms with Crippen molar-refractivity contribution in [2.45, 2.75) is 26.2 Å². The summed E-state index contributed by atoms with van der Waals surface area (Å²) >= 11 is 0. The van der Waals surface area contributed by atoms with Gasteiger partial charge in [-0.2, -0.15) is 10.4 Å². The van der Waals surface area contributed by atoms with E-state index in [1.165, 1.54) is 0 Å². The number of benzene rings is 2. The normalized spacial score (nSPS) is 10.6. The summed E-state index contributed by atoms with van der Waals surface area (Å²) in [6, 6.07) is 18.1. The maximum Gasteiger partial charge on any atom is 0.215 e. The molecule has 2 aromatic carbocycles. The minimum atomic E-state index is -0.0271. The van der Waals surface area contributed by atoms with E-state index in [-0.39, 0.29) is 13.2 Å². The van der Waals surface area contributed by atoms with Crippen molar-refractivity contribution in [3.8, 4) is 23.1 Å². The molecule has 1 N–H and O–H groups in total. The highest BCUT2D eigenvalue weighted by Gasteiger charge is 2.17. The number of hydrogen-bond acceptors (Lipinski definition) is 4. The maximum atomic E-state index is 9.32. The predicted molar refractivity (Wildman–Crippen MR) is 109 cm³/mol. The Morgan fingerprint density at radius 1 is 1.14 bits per heavy atom. The minimum absolute atomic E-state index is 0.0271. The lowest BCUT2D eigenvalue weighted by atomic mass is 9.97. The molecule has 28 heavy (non-hydrogen) atoms. The Bertz CT molecular complexity index is 969.